The van der Waals surface area contributed by atoms with Gasteiger partial charge in [0.05, 0.1) is 0 Å². The number of hydrogen-bond donors (Lipinski definition) is 3. The average molecular weight is 269 g/mol. The summed E-state index contributed by atoms with van der Waals surface area (Å²) in [5.74, 6) is 0.590. The maximum Gasteiger partial charge on any atom is 0.220 e. The van der Waals surface area contributed by atoms with E-state index in [0.29, 0.717) is 13.0 Å². The van der Waals surface area contributed by atoms with Gasteiger partial charge >= 0.3 is 0 Å². The van der Waals surface area contributed by atoms with E-state index in [1.807, 2.05) is 0 Å². The second-order valence-electron chi connectivity index (χ2n) is 3.95. The van der Waals surface area contributed by atoms with Gasteiger partial charge in [-0.2, -0.15) is 0 Å². The lowest BCUT2D eigenvalue weighted by Gasteiger charge is -2.05. The smallest absolute Gasteiger partial charge is 0.220 e. The lowest BCUT2D eigenvalue weighted by molar-refractivity contribution is -0.121. The van der Waals surface area contributed by atoms with Gasteiger partial charge in [0.15, 0.2) is 11.5 Å². The molecular weight excluding hydrogens is 250 g/mol. The monoisotopic (exact) mass is 269 g/mol. The number of aromatic hydroxyl groups is 2. The molecule has 100 valence electrons. The summed E-state index contributed by atoms with van der Waals surface area (Å²) in [7, 11) is 0. The van der Waals surface area contributed by atoms with Crippen molar-refractivity contribution in [3.8, 4) is 11.5 Å². The average Bonchev–Trinajstić information content (AvgIpc) is 2.36. The van der Waals surface area contributed by atoms with Crippen LogP contribution in [0.1, 0.15) is 26.2 Å². The fourth-order valence-corrected chi connectivity index (χ4v) is 2.18. The molecule has 1 aromatic rings. The number of phenols is 2. The van der Waals surface area contributed by atoms with Gasteiger partial charge in [-0.3, -0.25) is 4.79 Å². The van der Waals surface area contributed by atoms with Gasteiger partial charge in [-0.05, 0) is 24.6 Å². The molecule has 4 nitrogen and oxygen atoms in total. The van der Waals surface area contributed by atoms with Crippen molar-refractivity contribution in [2.75, 3.05) is 12.3 Å². The lowest BCUT2D eigenvalue weighted by Crippen LogP contribution is -2.25. The summed E-state index contributed by atoms with van der Waals surface area (Å²) in [4.78, 5) is 12.2. The third-order valence-corrected chi connectivity index (χ3v) is 3.39. The number of carbonyl (C=O) groups excluding carboxylic acids is 1. The summed E-state index contributed by atoms with van der Waals surface area (Å²) in [5, 5.41) is 21.3. The summed E-state index contributed by atoms with van der Waals surface area (Å²) < 4.78 is 0. The maximum absolute atomic E-state index is 11.3. The molecule has 0 radical (unpaired) electrons. The molecule has 0 spiro atoms. The number of rotatable bonds is 7. The highest BCUT2D eigenvalue weighted by molar-refractivity contribution is 7.99. The number of benzene rings is 1. The van der Waals surface area contributed by atoms with Crippen LogP contribution >= 0.6 is 11.8 Å². The van der Waals surface area contributed by atoms with Crippen LogP contribution in [0.2, 0.25) is 0 Å². The van der Waals surface area contributed by atoms with Crippen LogP contribution < -0.4 is 5.32 Å². The maximum atomic E-state index is 11.3. The zero-order valence-corrected chi connectivity index (χ0v) is 11.3. The Morgan fingerprint density at radius 2 is 2.11 bits per heavy atom. The van der Waals surface area contributed by atoms with Crippen molar-refractivity contribution in [2.24, 2.45) is 0 Å². The van der Waals surface area contributed by atoms with Gasteiger partial charge in [-0.15, -0.1) is 11.8 Å². The fourth-order valence-electron chi connectivity index (χ4n) is 1.38. The zero-order chi connectivity index (χ0) is 13.4. The Morgan fingerprint density at radius 1 is 1.33 bits per heavy atom. The highest BCUT2D eigenvalue weighted by atomic mass is 32.2. The first-order valence-electron chi connectivity index (χ1n) is 6.05. The molecule has 0 aliphatic carbocycles. The number of hydrogen-bond acceptors (Lipinski definition) is 4. The SMILES string of the molecule is CCCCC(=O)NCCSc1ccc(O)c(O)c1. The van der Waals surface area contributed by atoms with Crippen LogP contribution in [0.25, 0.3) is 0 Å². The number of unbranched alkanes of at least 4 members (excludes halogenated alkanes) is 1. The second-order valence-corrected chi connectivity index (χ2v) is 5.12. The van der Waals surface area contributed by atoms with Gasteiger partial charge in [0.2, 0.25) is 5.91 Å². The topological polar surface area (TPSA) is 69.6 Å². The lowest BCUT2D eigenvalue weighted by atomic mass is 10.2. The van der Waals surface area contributed by atoms with Gasteiger partial charge in [-0.25, -0.2) is 0 Å². The summed E-state index contributed by atoms with van der Waals surface area (Å²) >= 11 is 1.52. The number of phenolic OH excluding ortho intramolecular Hbond substituents is 2. The molecule has 0 aliphatic rings. The van der Waals surface area contributed by atoms with Gasteiger partial charge in [-0.1, -0.05) is 13.3 Å². The van der Waals surface area contributed by atoms with Gasteiger partial charge in [0.25, 0.3) is 0 Å². The molecular formula is C13H19NO3S. The third-order valence-electron chi connectivity index (χ3n) is 2.40. The van der Waals surface area contributed by atoms with Gasteiger partial charge in [0, 0.05) is 23.6 Å². The Hall–Kier alpha value is -1.36. The van der Waals surface area contributed by atoms with E-state index in [2.05, 4.69) is 12.2 Å². The molecule has 0 unspecified atom stereocenters. The molecule has 1 aromatic carbocycles. The van der Waals surface area contributed by atoms with E-state index in [0.717, 1.165) is 23.5 Å². The first kappa shape index (κ1) is 14.7. The molecule has 1 amide bonds. The van der Waals surface area contributed by atoms with E-state index >= 15 is 0 Å². The summed E-state index contributed by atoms with van der Waals surface area (Å²) in [6, 6.07) is 4.70. The van der Waals surface area contributed by atoms with Crippen LogP contribution in [0.5, 0.6) is 11.5 Å². The van der Waals surface area contributed by atoms with Gasteiger partial charge in [0.1, 0.15) is 0 Å². The van der Waals surface area contributed by atoms with Crippen LogP contribution in [0.3, 0.4) is 0 Å². The van der Waals surface area contributed by atoms with Crippen molar-refractivity contribution < 1.29 is 15.0 Å². The summed E-state index contributed by atoms with van der Waals surface area (Å²) in [6.07, 6.45) is 2.53. The van der Waals surface area contributed by atoms with E-state index in [1.165, 1.54) is 23.9 Å². The van der Waals surface area contributed by atoms with E-state index in [-0.39, 0.29) is 17.4 Å². The first-order chi connectivity index (χ1) is 8.63. The van der Waals surface area contributed by atoms with Crippen LogP contribution in [-0.2, 0) is 4.79 Å². The Kier molecular flexibility index (Phi) is 6.43. The summed E-state index contributed by atoms with van der Waals surface area (Å²) in [6.45, 7) is 2.66. The zero-order valence-electron chi connectivity index (χ0n) is 10.5. The van der Waals surface area contributed by atoms with Crippen molar-refractivity contribution in [3.05, 3.63) is 18.2 Å². The van der Waals surface area contributed by atoms with Crippen molar-refractivity contribution in [2.45, 2.75) is 31.1 Å². The molecule has 0 aromatic heterocycles. The van der Waals surface area contributed by atoms with E-state index in [9.17, 15) is 9.90 Å². The van der Waals surface area contributed by atoms with Crippen LogP contribution in [0.15, 0.2) is 23.1 Å². The highest BCUT2D eigenvalue weighted by Crippen LogP contribution is 2.29. The molecule has 0 aliphatic heterocycles. The minimum Gasteiger partial charge on any atom is -0.504 e. The van der Waals surface area contributed by atoms with Crippen LogP contribution in [0.4, 0.5) is 0 Å². The van der Waals surface area contributed by atoms with E-state index in [4.69, 9.17) is 5.11 Å². The number of amides is 1. The van der Waals surface area contributed by atoms with Crippen LogP contribution in [0, 0.1) is 0 Å². The van der Waals surface area contributed by atoms with Gasteiger partial charge < -0.3 is 15.5 Å². The molecule has 1 rings (SSSR count). The fraction of sp³-hybridized carbons (Fsp3) is 0.462. The Morgan fingerprint density at radius 3 is 2.78 bits per heavy atom. The number of thioether (sulfide) groups is 1. The van der Waals surface area contributed by atoms with E-state index in [1.54, 1.807) is 6.07 Å². The highest BCUT2D eigenvalue weighted by Gasteiger charge is 2.02. The Bertz CT molecular complexity index is 396. The van der Waals surface area contributed by atoms with Crippen molar-refractivity contribution >= 4 is 17.7 Å². The molecule has 3 N–H and O–H groups in total. The van der Waals surface area contributed by atoms with Crippen molar-refractivity contribution in [1.29, 1.82) is 0 Å². The number of carbonyl (C=O) groups is 1. The minimum absolute atomic E-state index is 0.0889. The molecule has 0 saturated carbocycles. The Labute approximate surface area is 111 Å². The normalized spacial score (nSPS) is 10.3. The number of nitrogens with one attached hydrogen (secondary N) is 1. The predicted octanol–water partition coefficient (Wildman–Crippen LogP) is 2.50. The molecule has 0 atom stereocenters. The third kappa shape index (κ3) is 5.31. The molecule has 18 heavy (non-hydrogen) atoms. The first-order valence-corrected chi connectivity index (χ1v) is 7.03. The standard InChI is InChI=1S/C13H19NO3S/c1-2-3-4-13(17)14-7-8-18-10-5-6-11(15)12(16)9-10/h5-6,9,15-16H,2-4,7-8H2,1H3,(H,14,17). The van der Waals surface area contributed by atoms with E-state index < -0.39 is 0 Å². The van der Waals surface area contributed by atoms with Crippen molar-refractivity contribution in [3.63, 3.8) is 0 Å². The molecule has 0 heterocycles. The largest absolute Gasteiger partial charge is 0.504 e. The summed E-state index contributed by atoms with van der Waals surface area (Å²) in [5.41, 5.74) is 0. The second kappa shape index (κ2) is 7.87. The molecule has 0 bridgehead atoms. The predicted molar refractivity (Wildman–Crippen MR) is 73.0 cm³/mol. The quantitative estimate of drug-likeness (QED) is 0.404. The molecule has 0 fully saturated rings. The Balaban J connectivity index is 2.21. The van der Waals surface area contributed by atoms with Crippen molar-refractivity contribution in [1.82, 2.24) is 5.32 Å². The van der Waals surface area contributed by atoms with Crippen LogP contribution in [-0.4, -0.2) is 28.4 Å². The molecule has 5 heteroatoms. The molecule has 0 saturated heterocycles. The minimum atomic E-state index is -0.119.